The molecule has 1 heterocycles. The van der Waals surface area contributed by atoms with Crippen LogP contribution in [0.5, 0.6) is 0 Å². The number of benzene rings is 2. The van der Waals surface area contributed by atoms with Crippen molar-refractivity contribution in [1.29, 1.82) is 0 Å². The highest BCUT2D eigenvalue weighted by Crippen LogP contribution is 2.21. The van der Waals surface area contributed by atoms with Gasteiger partial charge in [0.2, 0.25) is 35.4 Å². The molecule has 0 aromatic heterocycles. The molecular formula is C52H79N13O13. The van der Waals surface area contributed by atoms with Crippen molar-refractivity contribution in [3.05, 3.63) is 75.8 Å². The molecule has 16 N–H and O–H groups in total. The first kappa shape index (κ1) is 64.7. The number of guanidine groups is 1. The molecule has 0 spiro atoms. The highest BCUT2D eigenvalue weighted by atomic mass is 16.6. The van der Waals surface area contributed by atoms with Gasteiger partial charge in [-0.05, 0) is 87.3 Å². The molecule has 0 unspecified atom stereocenters. The van der Waals surface area contributed by atoms with Crippen molar-refractivity contribution in [3.63, 3.8) is 0 Å². The number of amides is 6. The summed E-state index contributed by atoms with van der Waals surface area (Å²) in [4.78, 5) is 139. The molecule has 2 aromatic carbocycles. The third-order valence-corrected chi connectivity index (χ3v) is 13.1. The van der Waals surface area contributed by atoms with Crippen molar-refractivity contribution < 1.29 is 57.9 Å². The van der Waals surface area contributed by atoms with Gasteiger partial charge in [-0.1, -0.05) is 83.0 Å². The zero-order valence-electron chi connectivity index (χ0n) is 44.9. The van der Waals surface area contributed by atoms with E-state index in [0.717, 1.165) is 0 Å². The van der Waals surface area contributed by atoms with Crippen molar-refractivity contribution in [2.45, 2.75) is 160 Å². The molecule has 430 valence electrons. The van der Waals surface area contributed by atoms with E-state index in [-0.39, 0.29) is 62.8 Å². The molecule has 6 amide bonds. The van der Waals surface area contributed by atoms with E-state index >= 15 is 0 Å². The van der Waals surface area contributed by atoms with Gasteiger partial charge in [0.15, 0.2) is 5.96 Å². The third kappa shape index (κ3) is 21.8. The summed E-state index contributed by atoms with van der Waals surface area (Å²) < 4.78 is 5.39. The standard InChI is InChI=1S/C52H79N13O13/c1-5-31(4)43(63-47(71)41-17-12-26-64(41)49(73)35(54)15-9-10-24-53)48(72)60-38(22-23-42(66)67)46(70)62-40(29-32-13-7-6-8-14-32)51(75)78-50(74)39(27-30(2)3)61-45(69)37(16-11-25-58-52(56)57)59-44(68)36(55)28-33-18-20-34(21-19-33)65(76)77/h6-8,13-14,18-21,30-31,35-41,43H,5,9-12,15-17,22-29,53-55H2,1-4H3,(H,59,68)(H,60,72)(H,61,69)(H,62,70)(H,63,71)(H,66,67)(H4,56,57,58)/t31-,35-,36-,37-,38-,39-,40-,41-,43-/m0/s1. The van der Waals surface area contributed by atoms with Gasteiger partial charge in [-0.25, -0.2) is 9.59 Å². The van der Waals surface area contributed by atoms with E-state index in [1.165, 1.54) is 29.2 Å². The Hall–Kier alpha value is -7.58. The number of carboxylic acids is 1. The molecule has 26 nitrogen and oxygen atoms in total. The van der Waals surface area contributed by atoms with Crippen molar-refractivity contribution in [2.75, 3.05) is 19.6 Å². The van der Waals surface area contributed by atoms with Crippen LogP contribution < -0.4 is 55.3 Å². The van der Waals surface area contributed by atoms with Crippen LogP contribution in [0.25, 0.3) is 0 Å². The maximum absolute atomic E-state index is 14.3. The predicted molar refractivity (Wildman–Crippen MR) is 287 cm³/mol. The lowest BCUT2D eigenvalue weighted by Gasteiger charge is -2.31. The molecule has 26 heteroatoms. The number of non-ortho nitro benzene ring substituents is 1. The number of hydrogen-bond acceptors (Lipinski definition) is 16. The Labute approximate surface area is 453 Å². The largest absolute Gasteiger partial charge is 0.481 e. The molecule has 3 rings (SSSR count). The Morgan fingerprint density at radius 1 is 0.744 bits per heavy atom. The number of ether oxygens (including phenoxy) is 1. The molecular weight excluding hydrogens is 1010 g/mol. The van der Waals surface area contributed by atoms with E-state index in [9.17, 15) is 58.4 Å². The number of nitrogens with one attached hydrogen (secondary N) is 5. The number of nitro groups is 1. The number of esters is 2. The molecule has 0 saturated carbocycles. The summed E-state index contributed by atoms with van der Waals surface area (Å²) in [5.41, 5.74) is 29.7. The molecule has 0 aliphatic carbocycles. The summed E-state index contributed by atoms with van der Waals surface area (Å²) in [6, 6.07) is 3.33. The van der Waals surface area contributed by atoms with Gasteiger partial charge in [0.25, 0.3) is 5.69 Å². The molecule has 2 aromatic rings. The minimum absolute atomic E-state index is 0.0538. The van der Waals surface area contributed by atoms with E-state index in [2.05, 4.69) is 31.6 Å². The Morgan fingerprint density at radius 3 is 1.92 bits per heavy atom. The van der Waals surface area contributed by atoms with Gasteiger partial charge in [-0.3, -0.25) is 48.7 Å². The predicted octanol–water partition coefficient (Wildman–Crippen LogP) is -0.341. The minimum Gasteiger partial charge on any atom is -0.481 e. The molecule has 0 radical (unpaired) electrons. The van der Waals surface area contributed by atoms with Gasteiger partial charge >= 0.3 is 17.9 Å². The molecule has 1 saturated heterocycles. The average Bonchev–Trinajstić information content (AvgIpc) is 3.92. The van der Waals surface area contributed by atoms with Crippen LogP contribution in [0.3, 0.4) is 0 Å². The van der Waals surface area contributed by atoms with Gasteiger partial charge in [-0.2, -0.15) is 0 Å². The quantitative estimate of drug-likeness (QED) is 0.00828. The number of carbonyl (C=O) groups is 9. The number of nitro benzene ring substituents is 1. The fourth-order valence-electron chi connectivity index (χ4n) is 8.56. The first-order valence-corrected chi connectivity index (χ1v) is 26.3. The first-order chi connectivity index (χ1) is 36.9. The van der Waals surface area contributed by atoms with E-state index in [0.29, 0.717) is 56.2 Å². The van der Waals surface area contributed by atoms with Gasteiger partial charge < -0.3 is 70.0 Å². The number of carbonyl (C=O) groups excluding carboxylic acids is 8. The molecule has 1 fully saturated rings. The monoisotopic (exact) mass is 1090 g/mol. The van der Waals surface area contributed by atoms with Crippen LogP contribution in [0, 0.1) is 22.0 Å². The van der Waals surface area contributed by atoms with Crippen LogP contribution in [0.15, 0.2) is 59.6 Å². The van der Waals surface area contributed by atoms with Crippen LogP contribution in [-0.4, -0.2) is 142 Å². The van der Waals surface area contributed by atoms with Gasteiger partial charge in [0.05, 0.1) is 17.0 Å². The average molecular weight is 1090 g/mol. The smallest absolute Gasteiger partial charge is 0.336 e. The summed E-state index contributed by atoms with van der Waals surface area (Å²) in [5.74, 6) is -9.40. The van der Waals surface area contributed by atoms with Crippen molar-refractivity contribution in [3.8, 4) is 0 Å². The number of carboxylic acid groups (broad SMARTS) is 1. The summed E-state index contributed by atoms with van der Waals surface area (Å²) >= 11 is 0. The van der Waals surface area contributed by atoms with Gasteiger partial charge in [0, 0.05) is 38.1 Å². The fourth-order valence-corrected chi connectivity index (χ4v) is 8.56. The Bertz CT molecular complexity index is 2390. The highest BCUT2D eigenvalue weighted by Gasteiger charge is 2.40. The number of nitrogens with two attached hydrogens (primary N) is 5. The second kappa shape index (κ2) is 32.9. The van der Waals surface area contributed by atoms with Crippen molar-refractivity contribution in [1.82, 2.24) is 31.5 Å². The Morgan fingerprint density at radius 2 is 1.33 bits per heavy atom. The number of aliphatic imine (C=N–C) groups is 1. The zero-order valence-corrected chi connectivity index (χ0v) is 44.9. The maximum Gasteiger partial charge on any atom is 0.336 e. The zero-order chi connectivity index (χ0) is 58.1. The summed E-state index contributed by atoms with van der Waals surface area (Å²) in [6.45, 7) is 7.69. The fraction of sp³-hybridized carbons (Fsp3) is 0.577. The van der Waals surface area contributed by atoms with E-state index in [1.54, 1.807) is 58.0 Å². The lowest BCUT2D eigenvalue weighted by Crippen LogP contribution is -2.60. The SMILES string of the molecule is CC[C@H](C)[C@H](NC(=O)[C@@H]1CCCN1C(=O)[C@@H](N)CCCCN)C(=O)N[C@@H](CCC(=O)O)C(=O)N[C@@H](Cc1ccccc1)C(=O)OC(=O)[C@H](CC(C)C)NC(=O)[C@H](CCCN=C(N)N)NC(=O)[C@@H](N)Cc1ccc([N+](=O)[O-])cc1. The normalized spacial score (nSPS) is 16.2. The maximum atomic E-state index is 14.3. The van der Waals surface area contributed by atoms with Crippen LogP contribution in [0.1, 0.15) is 109 Å². The molecule has 78 heavy (non-hydrogen) atoms. The number of hydrogen-bond donors (Lipinski definition) is 11. The topological polar surface area (TPSA) is 432 Å². The second-order valence-electron chi connectivity index (χ2n) is 19.9. The minimum atomic E-state index is -1.64. The van der Waals surface area contributed by atoms with E-state index in [4.69, 9.17) is 33.4 Å². The molecule has 0 bridgehead atoms. The number of unbranched alkanes of at least 4 members (excludes halogenated alkanes) is 1. The third-order valence-electron chi connectivity index (χ3n) is 13.1. The van der Waals surface area contributed by atoms with Crippen LogP contribution in [0.2, 0.25) is 0 Å². The van der Waals surface area contributed by atoms with Crippen molar-refractivity contribution >= 4 is 65.0 Å². The Kier molecular flexibility index (Phi) is 27.3. The van der Waals surface area contributed by atoms with Crippen LogP contribution >= 0.6 is 0 Å². The lowest BCUT2D eigenvalue weighted by molar-refractivity contribution is -0.384. The van der Waals surface area contributed by atoms with Gasteiger partial charge in [0.1, 0.15) is 36.3 Å². The second-order valence-corrected chi connectivity index (χ2v) is 19.9. The first-order valence-electron chi connectivity index (χ1n) is 26.3. The van der Waals surface area contributed by atoms with Gasteiger partial charge in [-0.15, -0.1) is 0 Å². The highest BCUT2D eigenvalue weighted by molar-refractivity contribution is 5.98. The molecule has 9 atom stereocenters. The van der Waals surface area contributed by atoms with E-state index in [1.807, 2.05) is 0 Å². The van der Waals surface area contributed by atoms with Crippen molar-refractivity contribution in [2.24, 2.45) is 45.5 Å². The lowest BCUT2D eigenvalue weighted by atomic mass is 9.96. The summed E-state index contributed by atoms with van der Waals surface area (Å²) in [7, 11) is 0. The van der Waals surface area contributed by atoms with Crippen LogP contribution in [0.4, 0.5) is 5.69 Å². The molecule has 1 aliphatic rings. The Balaban J connectivity index is 1.87. The number of aliphatic carboxylic acids is 1. The van der Waals surface area contributed by atoms with E-state index < -0.39 is 125 Å². The number of likely N-dealkylation sites (tertiary alicyclic amines) is 1. The number of rotatable bonds is 33. The van der Waals surface area contributed by atoms with Crippen LogP contribution in [-0.2, 0) is 60.7 Å². The summed E-state index contributed by atoms with van der Waals surface area (Å²) in [5, 5.41) is 33.8. The summed E-state index contributed by atoms with van der Waals surface area (Å²) in [6.07, 6.45) is 1.49. The molecule has 1 aliphatic heterocycles. The number of nitrogens with zero attached hydrogens (tertiary/aromatic N) is 3.